The van der Waals surface area contributed by atoms with Gasteiger partial charge in [-0.3, -0.25) is 4.79 Å². The van der Waals surface area contributed by atoms with Crippen molar-refractivity contribution in [3.05, 3.63) is 40.4 Å². The number of carbonyl (C=O) groups excluding carboxylic acids is 1. The lowest BCUT2D eigenvalue weighted by atomic mass is 10.0. The van der Waals surface area contributed by atoms with E-state index in [2.05, 4.69) is 22.9 Å². The Morgan fingerprint density at radius 1 is 1.33 bits per heavy atom. The van der Waals surface area contributed by atoms with E-state index in [9.17, 15) is 4.79 Å². The van der Waals surface area contributed by atoms with Crippen molar-refractivity contribution in [3.63, 3.8) is 0 Å². The number of nitrogens with zero attached hydrogens (tertiary/aromatic N) is 1. The SMILES string of the molecule is CC1CCCCN1C(=O)/C=C/c1ccc(Br)cc1. The average molecular weight is 308 g/mol. The van der Waals surface area contributed by atoms with Crippen molar-refractivity contribution in [3.8, 4) is 0 Å². The van der Waals surface area contributed by atoms with Gasteiger partial charge in [0.2, 0.25) is 5.91 Å². The molecule has 1 aliphatic heterocycles. The molecule has 1 amide bonds. The van der Waals surface area contributed by atoms with Gasteiger partial charge in [-0.15, -0.1) is 0 Å². The minimum atomic E-state index is 0.130. The van der Waals surface area contributed by atoms with E-state index in [1.807, 2.05) is 35.2 Å². The lowest BCUT2D eigenvalue weighted by Gasteiger charge is -2.32. The fraction of sp³-hybridized carbons (Fsp3) is 0.400. The summed E-state index contributed by atoms with van der Waals surface area (Å²) < 4.78 is 1.05. The van der Waals surface area contributed by atoms with Gasteiger partial charge in [0.25, 0.3) is 0 Å². The Balaban J connectivity index is 1.99. The maximum atomic E-state index is 12.1. The Labute approximate surface area is 117 Å². The highest BCUT2D eigenvalue weighted by Gasteiger charge is 2.20. The Morgan fingerprint density at radius 2 is 2.06 bits per heavy atom. The lowest BCUT2D eigenvalue weighted by Crippen LogP contribution is -2.41. The first-order valence-corrected chi connectivity index (χ1v) is 7.20. The van der Waals surface area contributed by atoms with Crippen LogP contribution in [0.2, 0.25) is 0 Å². The normalized spacial score (nSPS) is 20.3. The number of halogens is 1. The van der Waals surface area contributed by atoms with Crippen LogP contribution in [-0.2, 0) is 4.79 Å². The Hall–Kier alpha value is -1.09. The van der Waals surface area contributed by atoms with Gasteiger partial charge in [0.05, 0.1) is 0 Å². The highest BCUT2D eigenvalue weighted by atomic mass is 79.9. The van der Waals surface area contributed by atoms with Crippen LogP contribution in [0.5, 0.6) is 0 Å². The molecule has 0 bridgehead atoms. The maximum absolute atomic E-state index is 12.1. The quantitative estimate of drug-likeness (QED) is 0.760. The Kier molecular flexibility index (Phi) is 4.59. The van der Waals surface area contributed by atoms with Crippen LogP contribution in [0.15, 0.2) is 34.8 Å². The number of piperidine rings is 1. The summed E-state index contributed by atoms with van der Waals surface area (Å²) in [4.78, 5) is 14.0. The largest absolute Gasteiger partial charge is 0.336 e. The molecular weight excluding hydrogens is 290 g/mol. The van der Waals surface area contributed by atoms with Crippen molar-refractivity contribution in [1.29, 1.82) is 0 Å². The first-order valence-electron chi connectivity index (χ1n) is 6.41. The predicted octanol–water partition coefficient (Wildman–Crippen LogP) is 3.86. The summed E-state index contributed by atoms with van der Waals surface area (Å²) >= 11 is 3.40. The fourth-order valence-electron chi connectivity index (χ4n) is 2.26. The average Bonchev–Trinajstić information content (AvgIpc) is 2.38. The second-order valence-corrected chi connectivity index (χ2v) is 5.68. The standard InChI is InChI=1S/C15H18BrNO/c1-12-4-2-3-11-17(12)15(18)10-7-13-5-8-14(16)9-6-13/h5-10,12H,2-4,11H2,1H3/b10-7+. The van der Waals surface area contributed by atoms with Crippen molar-refractivity contribution in [1.82, 2.24) is 4.90 Å². The third-order valence-electron chi connectivity index (χ3n) is 3.37. The van der Waals surface area contributed by atoms with Crippen molar-refractivity contribution < 1.29 is 4.79 Å². The molecule has 18 heavy (non-hydrogen) atoms. The molecule has 1 heterocycles. The van der Waals surface area contributed by atoms with E-state index < -0.39 is 0 Å². The van der Waals surface area contributed by atoms with Crippen LogP contribution in [-0.4, -0.2) is 23.4 Å². The van der Waals surface area contributed by atoms with Crippen molar-refractivity contribution in [2.75, 3.05) is 6.54 Å². The van der Waals surface area contributed by atoms with E-state index in [0.29, 0.717) is 6.04 Å². The molecule has 3 heteroatoms. The third kappa shape index (κ3) is 3.45. The molecule has 1 aliphatic rings. The molecule has 1 atom stereocenters. The van der Waals surface area contributed by atoms with Gasteiger partial charge in [0.15, 0.2) is 0 Å². The summed E-state index contributed by atoms with van der Waals surface area (Å²) in [5, 5.41) is 0. The van der Waals surface area contributed by atoms with Gasteiger partial charge >= 0.3 is 0 Å². The zero-order valence-corrected chi connectivity index (χ0v) is 12.2. The molecule has 1 unspecified atom stereocenters. The molecule has 1 fully saturated rings. The monoisotopic (exact) mass is 307 g/mol. The number of rotatable bonds is 2. The number of hydrogen-bond acceptors (Lipinski definition) is 1. The van der Waals surface area contributed by atoms with Gasteiger partial charge in [-0.1, -0.05) is 28.1 Å². The second kappa shape index (κ2) is 6.19. The molecule has 0 aliphatic carbocycles. The summed E-state index contributed by atoms with van der Waals surface area (Å²) in [5.74, 6) is 0.130. The highest BCUT2D eigenvalue weighted by Crippen LogP contribution is 2.17. The summed E-state index contributed by atoms with van der Waals surface area (Å²) in [6.07, 6.45) is 7.06. The molecule has 0 radical (unpaired) electrons. The molecule has 0 N–H and O–H groups in total. The van der Waals surface area contributed by atoms with E-state index in [0.717, 1.165) is 29.4 Å². The van der Waals surface area contributed by atoms with Crippen molar-refractivity contribution >= 4 is 27.9 Å². The smallest absolute Gasteiger partial charge is 0.246 e. The van der Waals surface area contributed by atoms with Gasteiger partial charge in [-0.25, -0.2) is 0 Å². The molecule has 0 aromatic heterocycles. The van der Waals surface area contributed by atoms with Gasteiger partial charge in [-0.05, 0) is 50.0 Å². The summed E-state index contributed by atoms with van der Waals surface area (Å²) in [7, 11) is 0. The van der Waals surface area contributed by atoms with Crippen LogP contribution in [0.4, 0.5) is 0 Å². The molecule has 0 saturated carbocycles. The van der Waals surface area contributed by atoms with Crippen LogP contribution < -0.4 is 0 Å². The highest BCUT2D eigenvalue weighted by molar-refractivity contribution is 9.10. The number of amides is 1. The van der Waals surface area contributed by atoms with Crippen LogP contribution >= 0.6 is 15.9 Å². The van der Waals surface area contributed by atoms with Gasteiger partial charge in [0, 0.05) is 23.1 Å². The molecule has 1 aromatic carbocycles. The van der Waals surface area contributed by atoms with E-state index in [4.69, 9.17) is 0 Å². The zero-order valence-electron chi connectivity index (χ0n) is 10.6. The third-order valence-corrected chi connectivity index (χ3v) is 3.90. The van der Waals surface area contributed by atoms with Crippen LogP contribution in [0, 0.1) is 0 Å². The maximum Gasteiger partial charge on any atom is 0.246 e. The van der Waals surface area contributed by atoms with Gasteiger partial charge in [-0.2, -0.15) is 0 Å². The molecule has 1 saturated heterocycles. The van der Waals surface area contributed by atoms with Crippen molar-refractivity contribution in [2.45, 2.75) is 32.2 Å². The first kappa shape index (κ1) is 13.3. The minimum Gasteiger partial charge on any atom is -0.336 e. The molecule has 2 rings (SSSR count). The Bertz CT molecular complexity index is 438. The lowest BCUT2D eigenvalue weighted by molar-refractivity contribution is -0.129. The minimum absolute atomic E-state index is 0.130. The summed E-state index contributed by atoms with van der Waals surface area (Å²) in [6.45, 7) is 3.02. The number of hydrogen-bond donors (Lipinski definition) is 0. The predicted molar refractivity (Wildman–Crippen MR) is 78.2 cm³/mol. The topological polar surface area (TPSA) is 20.3 Å². The molecule has 96 valence electrons. The van der Waals surface area contributed by atoms with Gasteiger partial charge < -0.3 is 4.90 Å². The molecule has 0 spiro atoms. The number of likely N-dealkylation sites (tertiary alicyclic amines) is 1. The summed E-state index contributed by atoms with van der Waals surface area (Å²) in [5.41, 5.74) is 1.05. The van der Waals surface area contributed by atoms with E-state index in [-0.39, 0.29) is 5.91 Å². The van der Waals surface area contributed by atoms with E-state index >= 15 is 0 Å². The van der Waals surface area contributed by atoms with Gasteiger partial charge in [0.1, 0.15) is 0 Å². The van der Waals surface area contributed by atoms with Crippen LogP contribution in [0.3, 0.4) is 0 Å². The molecular formula is C15H18BrNO. The van der Waals surface area contributed by atoms with Crippen molar-refractivity contribution in [2.24, 2.45) is 0 Å². The second-order valence-electron chi connectivity index (χ2n) is 4.76. The number of carbonyl (C=O) groups is 1. The zero-order chi connectivity index (χ0) is 13.0. The van der Waals surface area contributed by atoms with Crippen LogP contribution in [0.25, 0.3) is 6.08 Å². The van der Waals surface area contributed by atoms with E-state index in [1.54, 1.807) is 6.08 Å². The molecule has 2 nitrogen and oxygen atoms in total. The Morgan fingerprint density at radius 3 is 2.72 bits per heavy atom. The number of benzene rings is 1. The first-order chi connectivity index (χ1) is 8.66. The van der Waals surface area contributed by atoms with Crippen LogP contribution in [0.1, 0.15) is 31.7 Å². The molecule has 1 aromatic rings. The van der Waals surface area contributed by atoms with E-state index in [1.165, 1.54) is 6.42 Å². The summed E-state index contributed by atoms with van der Waals surface area (Å²) in [6, 6.07) is 8.32. The fourth-order valence-corrected chi connectivity index (χ4v) is 2.53.